The van der Waals surface area contributed by atoms with Gasteiger partial charge in [-0.25, -0.2) is 0 Å². The van der Waals surface area contributed by atoms with Crippen molar-refractivity contribution in [3.05, 3.63) is 0 Å². The van der Waals surface area contributed by atoms with Crippen molar-refractivity contribution < 1.29 is 20.1 Å². The van der Waals surface area contributed by atoms with E-state index in [1.54, 1.807) is 0 Å². The largest absolute Gasteiger partial charge is 0.393 e. The van der Waals surface area contributed by atoms with Gasteiger partial charge >= 0.3 is 0 Å². The molecule has 0 bridgehead atoms. The van der Waals surface area contributed by atoms with E-state index < -0.39 is 31.1 Å². The molecule has 0 aliphatic rings. The Morgan fingerprint density at radius 3 is 1.90 bits per heavy atom. The van der Waals surface area contributed by atoms with Crippen LogP contribution in [0.15, 0.2) is 0 Å². The monoisotopic (exact) mass is 149 g/mol. The molecule has 60 valence electrons. The quantitative estimate of drug-likeness (QED) is 0.346. The number of hydrogen-bond donors (Lipinski definition) is 4. The van der Waals surface area contributed by atoms with Crippen LogP contribution in [-0.2, 0) is 4.79 Å². The minimum absolute atomic E-state index is 0.391. The normalized spacial score (nSPS) is 11.6. The van der Waals surface area contributed by atoms with Gasteiger partial charge in [-0.2, -0.15) is 0 Å². The fraction of sp³-hybridized carbons (Fsp3) is 0.800. The number of carbonyl (C=O) groups excluding carboxylic acids is 1. The molecule has 0 aromatic rings. The van der Waals surface area contributed by atoms with Crippen LogP contribution in [0.4, 0.5) is 0 Å². The molecule has 0 amide bonds. The van der Waals surface area contributed by atoms with Gasteiger partial charge in [-0.05, 0) is 0 Å². The third kappa shape index (κ3) is 1.74. The Morgan fingerprint density at radius 1 is 1.40 bits per heavy atom. The molecule has 0 saturated heterocycles. The lowest BCUT2D eigenvalue weighted by Gasteiger charge is -2.19. The van der Waals surface area contributed by atoms with Gasteiger partial charge in [-0.15, -0.1) is 0 Å². The zero-order valence-electron chi connectivity index (χ0n) is 5.45. The highest BCUT2D eigenvalue weighted by Gasteiger charge is 2.32. The lowest BCUT2D eigenvalue weighted by molar-refractivity contribution is -0.145. The van der Waals surface area contributed by atoms with Gasteiger partial charge in [0.2, 0.25) is 0 Å². The molecule has 0 saturated carbocycles. The van der Waals surface area contributed by atoms with Crippen LogP contribution in [0, 0.1) is 0 Å². The maximum absolute atomic E-state index is 10.6. The molecule has 5 heteroatoms. The molecule has 0 atom stereocenters. The molecule has 0 aliphatic carbocycles. The van der Waals surface area contributed by atoms with Crippen molar-refractivity contribution in [1.82, 2.24) is 0 Å². The minimum Gasteiger partial charge on any atom is -0.393 e. The molecule has 5 N–H and O–H groups in total. The van der Waals surface area contributed by atoms with Gasteiger partial charge in [0, 0.05) is 0 Å². The number of ketones is 1. The average molecular weight is 149 g/mol. The fourth-order valence-electron chi connectivity index (χ4n) is 0.416. The van der Waals surface area contributed by atoms with Crippen LogP contribution < -0.4 is 5.73 Å². The van der Waals surface area contributed by atoms with Gasteiger partial charge in [0.05, 0.1) is 19.8 Å². The Kier molecular flexibility index (Phi) is 3.45. The van der Waals surface area contributed by atoms with Gasteiger partial charge in [-0.1, -0.05) is 0 Å². The molecule has 0 aliphatic heterocycles. The van der Waals surface area contributed by atoms with E-state index in [0.717, 1.165) is 0 Å². The summed E-state index contributed by atoms with van der Waals surface area (Å²) in [5.41, 5.74) is 2.82. The lowest BCUT2D eigenvalue weighted by Crippen LogP contribution is -2.48. The minimum atomic E-state index is -2.06. The standard InChI is InChI=1S/C5H11NO4/c6-1-4(9)5(10,2-7)3-8/h7-8,10H,1-3,6H2. The maximum atomic E-state index is 10.6. The third-order valence-corrected chi connectivity index (χ3v) is 1.23. The van der Waals surface area contributed by atoms with Crippen molar-refractivity contribution in [3.8, 4) is 0 Å². The number of carbonyl (C=O) groups is 1. The Labute approximate surface area is 58.1 Å². The van der Waals surface area contributed by atoms with E-state index in [2.05, 4.69) is 0 Å². The van der Waals surface area contributed by atoms with Crippen LogP contribution in [0.3, 0.4) is 0 Å². The zero-order valence-corrected chi connectivity index (χ0v) is 5.45. The van der Waals surface area contributed by atoms with Crippen molar-refractivity contribution in [2.24, 2.45) is 5.73 Å². The first-order chi connectivity index (χ1) is 4.60. The Morgan fingerprint density at radius 2 is 1.80 bits per heavy atom. The Balaban J connectivity index is 4.17. The highest BCUT2D eigenvalue weighted by atomic mass is 16.4. The molecule has 0 unspecified atom stereocenters. The summed E-state index contributed by atoms with van der Waals surface area (Å²) in [7, 11) is 0. The van der Waals surface area contributed by atoms with Gasteiger partial charge in [0.15, 0.2) is 11.4 Å². The summed E-state index contributed by atoms with van der Waals surface area (Å²) in [4.78, 5) is 10.6. The van der Waals surface area contributed by atoms with Crippen LogP contribution in [-0.4, -0.2) is 46.5 Å². The predicted molar refractivity (Wildman–Crippen MR) is 33.2 cm³/mol. The Hall–Kier alpha value is -0.490. The number of aliphatic hydroxyl groups excluding tert-OH is 2. The molecule has 0 fully saturated rings. The van der Waals surface area contributed by atoms with E-state index in [-0.39, 0.29) is 0 Å². The van der Waals surface area contributed by atoms with Gasteiger partial charge < -0.3 is 21.1 Å². The van der Waals surface area contributed by atoms with Crippen LogP contribution in [0.5, 0.6) is 0 Å². The average Bonchev–Trinajstić information content (AvgIpc) is 2.01. The predicted octanol–water partition coefficient (Wildman–Crippen LogP) is -2.77. The Bertz CT molecular complexity index is 121. The van der Waals surface area contributed by atoms with Crippen LogP contribution in [0.25, 0.3) is 0 Å². The van der Waals surface area contributed by atoms with Crippen molar-refractivity contribution in [3.63, 3.8) is 0 Å². The van der Waals surface area contributed by atoms with Gasteiger partial charge in [0.1, 0.15) is 0 Å². The van der Waals surface area contributed by atoms with Crippen LogP contribution in [0.2, 0.25) is 0 Å². The van der Waals surface area contributed by atoms with Crippen LogP contribution in [0.1, 0.15) is 0 Å². The van der Waals surface area contributed by atoms with E-state index in [0.29, 0.717) is 0 Å². The summed E-state index contributed by atoms with van der Waals surface area (Å²) in [6.45, 7) is -2.00. The summed E-state index contributed by atoms with van der Waals surface area (Å²) in [5, 5.41) is 25.8. The molecular weight excluding hydrogens is 138 g/mol. The van der Waals surface area contributed by atoms with E-state index >= 15 is 0 Å². The molecule has 0 radical (unpaired) electrons. The van der Waals surface area contributed by atoms with Crippen molar-refractivity contribution in [1.29, 1.82) is 0 Å². The van der Waals surface area contributed by atoms with E-state index in [1.165, 1.54) is 0 Å². The van der Waals surface area contributed by atoms with Gasteiger partial charge in [0.25, 0.3) is 0 Å². The number of hydrogen-bond acceptors (Lipinski definition) is 5. The second-order valence-electron chi connectivity index (χ2n) is 1.98. The molecule has 0 aromatic carbocycles. The summed E-state index contributed by atoms with van der Waals surface area (Å²) < 4.78 is 0. The van der Waals surface area contributed by atoms with E-state index in [9.17, 15) is 4.79 Å². The zero-order chi connectivity index (χ0) is 8.20. The fourth-order valence-corrected chi connectivity index (χ4v) is 0.416. The van der Waals surface area contributed by atoms with E-state index in [4.69, 9.17) is 21.1 Å². The first-order valence-electron chi connectivity index (χ1n) is 2.78. The van der Waals surface area contributed by atoms with Crippen molar-refractivity contribution in [2.75, 3.05) is 19.8 Å². The molecular formula is C5H11NO4. The summed E-state index contributed by atoms with van der Waals surface area (Å²) in [5.74, 6) is -0.766. The lowest BCUT2D eigenvalue weighted by atomic mass is 10.0. The van der Waals surface area contributed by atoms with Crippen LogP contribution >= 0.6 is 0 Å². The first-order valence-corrected chi connectivity index (χ1v) is 2.78. The first kappa shape index (κ1) is 9.51. The second-order valence-corrected chi connectivity index (χ2v) is 1.98. The summed E-state index contributed by atoms with van der Waals surface area (Å²) >= 11 is 0. The van der Waals surface area contributed by atoms with Crippen molar-refractivity contribution >= 4 is 5.78 Å². The maximum Gasteiger partial charge on any atom is 0.182 e. The molecule has 0 aromatic heterocycles. The molecule has 0 heterocycles. The highest BCUT2D eigenvalue weighted by Crippen LogP contribution is 2.01. The summed E-state index contributed by atoms with van der Waals surface area (Å²) in [6, 6.07) is 0. The molecule has 5 nitrogen and oxygen atoms in total. The van der Waals surface area contributed by atoms with Crippen molar-refractivity contribution in [2.45, 2.75) is 5.60 Å². The number of rotatable bonds is 4. The van der Waals surface area contributed by atoms with E-state index in [1.807, 2.05) is 0 Å². The number of aliphatic hydroxyl groups is 3. The third-order valence-electron chi connectivity index (χ3n) is 1.23. The number of Topliss-reactive ketones (excluding diaryl/α,β-unsaturated/α-hetero) is 1. The topological polar surface area (TPSA) is 104 Å². The second kappa shape index (κ2) is 3.62. The number of nitrogens with two attached hydrogens (primary N) is 1. The SMILES string of the molecule is NCC(=O)C(O)(CO)CO. The molecule has 0 spiro atoms. The smallest absolute Gasteiger partial charge is 0.182 e. The highest BCUT2D eigenvalue weighted by molar-refractivity contribution is 5.88. The molecule has 10 heavy (non-hydrogen) atoms. The summed E-state index contributed by atoms with van der Waals surface area (Å²) in [6.07, 6.45) is 0. The van der Waals surface area contributed by atoms with Gasteiger partial charge in [-0.3, -0.25) is 4.79 Å². The molecule has 0 rings (SSSR count).